The van der Waals surface area contributed by atoms with Gasteiger partial charge in [0.25, 0.3) is 0 Å². The van der Waals surface area contributed by atoms with Crippen molar-refractivity contribution in [1.82, 2.24) is 0 Å². The summed E-state index contributed by atoms with van der Waals surface area (Å²) in [6, 6.07) is 41.0. The van der Waals surface area contributed by atoms with Crippen molar-refractivity contribution in [1.29, 1.82) is 0 Å². The monoisotopic (exact) mass is 640 g/mol. The van der Waals surface area contributed by atoms with E-state index in [2.05, 4.69) is 155 Å². The zero-order chi connectivity index (χ0) is 26.3. The van der Waals surface area contributed by atoms with Crippen molar-refractivity contribution in [3.63, 3.8) is 0 Å². The van der Waals surface area contributed by atoms with E-state index in [1.807, 2.05) is 0 Å². The molecule has 0 heterocycles. The maximum Gasteiger partial charge on any atom is -1.00 e. The van der Waals surface area contributed by atoms with E-state index in [9.17, 15) is 0 Å². The summed E-state index contributed by atoms with van der Waals surface area (Å²) in [5, 5.41) is 0. The van der Waals surface area contributed by atoms with Gasteiger partial charge in [-0.1, -0.05) is 0 Å². The first-order valence-electron chi connectivity index (χ1n) is 13.8. The molecule has 2 aliphatic carbocycles. The van der Waals surface area contributed by atoms with Crippen LogP contribution >= 0.6 is 0 Å². The van der Waals surface area contributed by atoms with Gasteiger partial charge in [0.15, 0.2) is 0 Å². The number of benzene rings is 4. The quantitative estimate of drug-likeness (QED) is 0.303. The summed E-state index contributed by atoms with van der Waals surface area (Å²) in [6.07, 6.45) is 8.27. The third-order valence-corrected chi connectivity index (χ3v) is 18.7. The van der Waals surface area contributed by atoms with Gasteiger partial charge in [-0.15, -0.1) is 0 Å². The van der Waals surface area contributed by atoms with E-state index in [4.69, 9.17) is 0 Å². The predicted octanol–water partition coefficient (Wildman–Crippen LogP) is 3.35. The molecule has 40 heavy (non-hydrogen) atoms. The molecule has 0 saturated carbocycles. The second kappa shape index (κ2) is 12.3. The summed E-state index contributed by atoms with van der Waals surface area (Å²) in [5.41, 5.74) is 8.64. The van der Waals surface area contributed by atoms with Gasteiger partial charge in [-0.25, -0.2) is 0 Å². The van der Waals surface area contributed by atoms with Gasteiger partial charge >= 0.3 is 237 Å². The molecule has 0 aromatic heterocycles. The normalized spacial score (nSPS) is 13.7. The second-order valence-electron chi connectivity index (χ2n) is 11.7. The standard InChI is InChI=1S/C19H22.C13H9.C5H5.2ClH.Zr/c1-18(2,16-11-7-5-8-12-16)15-19(3,4)17-13-9-6-10-14-17;1-3-7-12-10(5-1)9-11-6-2-4-8-13(11)12;1-2-4-5-3-1;;;/h5-14H,1-4H3;1-9H;1-3H,4H2;2*1H;/q;;;;;+2/p-2. The van der Waals surface area contributed by atoms with Crippen molar-refractivity contribution in [2.45, 2.75) is 48.6 Å². The minimum atomic E-state index is -2.66. The van der Waals surface area contributed by atoms with E-state index >= 15 is 0 Å². The first kappa shape index (κ1) is 30.6. The molecular formula is C37H36Cl2Zr. The number of fused-ring (bicyclic) bond motifs is 3. The van der Waals surface area contributed by atoms with Gasteiger partial charge in [0.1, 0.15) is 0 Å². The Hall–Kier alpha value is -2.31. The van der Waals surface area contributed by atoms with E-state index < -0.39 is 21.3 Å². The van der Waals surface area contributed by atoms with Crippen molar-refractivity contribution < 1.29 is 46.1 Å². The van der Waals surface area contributed by atoms with Crippen molar-refractivity contribution in [3.8, 4) is 11.1 Å². The van der Waals surface area contributed by atoms with Gasteiger partial charge in [-0.2, -0.15) is 0 Å². The zero-order valence-electron chi connectivity index (χ0n) is 23.7. The maximum absolute atomic E-state index is 2.66. The molecule has 4 aromatic carbocycles. The van der Waals surface area contributed by atoms with Crippen molar-refractivity contribution in [2.24, 2.45) is 0 Å². The summed E-state index contributed by atoms with van der Waals surface area (Å²) in [4.78, 5) is 0. The molecule has 202 valence electrons. The van der Waals surface area contributed by atoms with Crippen LogP contribution in [-0.2, 0) is 32.1 Å². The SMILES string of the molecule is CC(C)([C](=[Zr+2]([C]1=CC=CC1)[CH]1c2ccccc2-c2ccccc21)C(C)(C)c1ccccc1)c1ccccc1.[Cl-].[Cl-]. The molecule has 0 N–H and O–H groups in total. The molecule has 0 aliphatic heterocycles. The third kappa shape index (κ3) is 5.22. The molecule has 0 fully saturated rings. The summed E-state index contributed by atoms with van der Waals surface area (Å²) in [7, 11) is 0. The Morgan fingerprint density at radius 3 is 1.45 bits per heavy atom. The van der Waals surface area contributed by atoms with Crippen LogP contribution in [0.2, 0.25) is 0 Å². The van der Waals surface area contributed by atoms with Crippen molar-refractivity contribution >= 4 is 3.21 Å². The zero-order valence-corrected chi connectivity index (χ0v) is 27.6. The van der Waals surface area contributed by atoms with Crippen LogP contribution in [-0.4, -0.2) is 3.21 Å². The Morgan fingerprint density at radius 1 is 0.600 bits per heavy atom. The number of allylic oxidation sites excluding steroid dienone is 4. The minimum Gasteiger partial charge on any atom is -1.00 e. The minimum absolute atomic E-state index is 0. The fourth-order valence-electron chi connectivity index (χ4n) is 7.06. The van der Waals surface area contributed by atoms with Gasteiger partial charge in [-0.05, 0) is 0 Å². The van der Waals surface area contributed by atoms with Crippen LogP contribution in [0.4, 0.5) is 0 Å². The van der Waals surface area contributed by atoms with Gasteiger partial charge in [0, 0.05) is 0 Å². The molecule has 0 spiro atoms. The van der Waals surface area contributed by atoms with Gasteiger partial charge in [-0.3, -0.25) is 0 Å². The van der Waals surface area contributed by atoms with Crippen molar-refractivity contribution in [2.75, 3.05) is 0 Å². The average Bonchev–Trinajstić information content (AvgIpc) is 3.59. The first-order chi connectivity index (χ1) is 18.4. The number of hydrogen-bond donors (Lipinski definition) is 0. The summed E-state index contributed by atoms with van der Waals surface area (Å²) < 4.78 is 3.96. The Kier molecular flexibility index (Phi) is 9.41. The topological polar surface area (TPSA) is 0 Å². The molecule has 3 heteroatoms. The van der Waals surface area contributed by atoms with E-state index in [-0.39, 0.29) is 35.6 Å². The molecule has 0 unspecified atom stereocenters. The Balaban J connectivity index is 0.00000185. The molecule has 0 bridgehead atoms. The predicted molar refractivity (Wildman–Crippen MR) is 160 cm³/mol. The fourth-order valence-corrected chi connectivity index (χ4v) is 17.8. The number of rotatable bonds is 6. The molecule has 0 atom stereocenters. The second-order valence-corrected chi connectivity index (χ2v) is 18.0. The van der Waals surface area contributed by atoms with Crippen LogP contribution in [0.5, 0.6) is 0 Å². The van der Waals surface area contributed by atoms with Crippen LogP contribution in [0, 0.1) is 0 Å². The molecule has 0 saturated heterocycles. The number of halogens is 2. The summed E-state index contributed by atoms with van der Waals surface area (Å²) in [6.45, 7) is 9.99. The molecule has 0 amide bonds. The van der Waals surface area contributed by atoms with E-state index in [0.717, 1.165) is 6.42 Å². The van der Waals surface area contributed by atoms with Crippen LogP contribution in [0.1, 0.15) is 60.0 Å². The van der Waals surface area contributed by atoms with Gasteiger partial charge in [0.05, 0.1) is 0 Å². The fraction of sp³-hybridized carbons (Fsp3) is 0.216. The van der Waals surface area contributed by atoms with E-state index in [1.54, 1.807) is 17.6 Å². The number of hydrogen-bond acceptors (Lipinski definition) is 0. The average molecular weight is 643 g/mol. The molecule has 0 nitrogen and oxygen atoms in total. The summed E-state index contributed by atoms with van der Waals surface area (Å²) in [5.74, 6) is 0. The largest absolute Gasteiger partial charge is 1.00 e. The Morgan fingerprint density at radius 2 is 1.02 bits per heavy atom. The smallest absolute Gasteiger partial charge is 1.00 e. The molecular weight excluding hydrogens is 607 g/mol. The van der Waals surface area contributed by atoms with Gasteiger partial charge < -0.3 is 24.8 Å². The molecule has 6 rings (SSSR count). The van der Waals surface area contributed by atoms with Crippen LogP contribution in [0.25, 0.3) is 11.1 Å². The van der Waals surface area contributed by atoms with Crippen molar-refractivity contribution in [3.05, 3.63) is 153 Å². The molecule has 4 aromatic rings. The van der Waals surface area contributed by atoms with Crippen LogP contribution < -0.4 is 24.8 Å². The summed E-state index contributed by atoms with van der Waals surface area (Å²) >= 11 is -2.66. The third-order valence-electron chi connectivity index (χ3n) is 8.75. The first-order valence-corrected chi connectivity index (χ1v) is 17.7. The molecule has 2 aliphatic rings. The molecule has 0 radical (unpaired) electrons. The van der Waals surface area contributed by atoms with E-state index in [1.165, 1.54) is 22.3 Å². The van der Waals surface area contributed by atoms with Crippen LogP contribution in [0.3, 0.4) is 0 Å². The maximum atomic E-state index is 2.50. The van der Waals surface area contributed by atoms with Gasteiger partial charge in [0.2, 0.25) is 0 Å². The Labute approximate surface area is 260 Å². The Bertz CT molecular complexity index is 1480. The van der Waals surface area contributed by atoms with Crippen LogP contribution in [0.15, 0.2) is 131 Å². The van der Waals surface area contributed by atoms with E-state index in [0.29, 0.717) is 3.63 Å².